The van der Waals surface area contributed by atoms with Gasteiger partial charge in [0.15, 0.2) is 0 Å². The van der Waals surface area contributed by atoms with Crippen LogP contribution in [0.5, 0.6) is 5.75 Å². The first-order chi connectivity index (χ1) is 9.88. The maximum absolute atomic E-state index is 13.1. The number of carboxylic acids is 1. The summed E-state index contributed by atoms with van der Waals surface area (Å²) in [6.07, 6.45) is 0. The maximum Gasteiger partial charge on any atom is 0.336 e. The average Bonchev–Trinajstić information content (AvgIpc) is 2.43. The number of carbonyl (C=O) groups excluding carboxylic acids is 1. The molecule has 2 rings (SSSR count). The summed E-state index contributed by atoms with van der Waals surface area (Å²) >= 11 is 0. The molecule has 2 aromatic carbocycles. The van der Waals surface area contributed by atoms with Gasteiger partial charge in [0, 0.05) is 5.69 Å². The highest BCUT2D eigenvalue weighted by atomic mass is 19.1. The number of hydrogen-bond acceptors (Lipinski definition) is 3. The smallest absolute Gasteiger partial charge is 0.336 e. The van der Waals surface area contributed by atoms with Crippen molar-refractivity contribution < 1.29 is 24.2 Å². The third-order valence-electron chi connectivity index (χ3n) is 2.93. The van der Waals surface area contributed by atoms with E-state index >= 15 is 0 Å². The zero-order chi connectivity index (χ0) is 15.6. The van der Waals surface area contributed by atoms with Gasteiger partial charge < -0.3 is 15.5 Å². The highest BCUT2D eigenvalue weighted by Crippen LogP contribution is 2.21. The minimum absolute atomic E-state index is 0.0521. The topological polar surface area (TPSA) is 86.6 Å². The number of benzene rings is 2. The number of aryl methyl sites for hydroxylation is 1. The number of amides is 1. The Balaban J connectivity index is 2.29. The van der Waals surface area contributed by atoms with E-state index in [9.17, 15) is 19.1 Å². The van der Waals surface area contributed by atoms with Crippen LogP contribution in [0.25, 0.3) is 0 Å². The molecule has 108 valence electrons. The van der Waals surface area contributed by atoms with Crippen LogP contribution in [0.3, 0.4) is 0 Å². The molecule has 0 radical (unpaired) electrons. The van der Waals surface area contributed by atoms with Crippen molar-refractivity contribution in [3.63, 3.8) is 0 Å². The molecular formula is C15H12FNO4. The monoisotopic (exact) mass is 289 g/mol. The van der Waals surface area contributed by atoms with Crippen molar-refractivity contribution >= 4 is 17.6 Å². The quantitative estimate of drug-likeness (QED) is 0.811. The highest BCUT2D eigenvalue weighted by molar-refractivity contribution is 6.06. The Morgan fingerprint density at radius 2 is 1.81 bits per heavy atom. The number of nitrogens with one attached hydrogen (secondary N) is 1. The van der Waals surface area contributed by atoms with E-state index in [4.69, 9.17) is 5.11 Å². The fourth-order valence-corrected chi connectivity index (χ4v) is 1.82. The van der Waals surface area contributed by atoms with Gasteiger partial charge in [-0.05, 0) is 42.8 Å². The second kappa shape index (κ2) is 5.62. The van der Waals surface area contributed by atoms with Crippen LogP contribution in [0.1, 0.15) is 26.3 Å². The largest absolute Gasteiger partial charge is 0.507 e. The number of carbonyl (C=O) groups is 2. The summed E-state index contributed by atoms with van der Waals surface area (Å²) in [6.45, 7) is 1.63. The zero-order valence-corrected chi connectivity index (χ0v) is 11.1. The predicted octanol–water partition coefficient (Wildman–Crippen LogP) is 2.79. The van der Waals surface area contributed by atoms with Crippen LogP contribution in [0.4, 0.5) is 10.1 Å². The zero-order valence-electron chi connectivity index (χ0n) is 11.1. The number of anilines is 1. The second-order valence-corrected chi connectivity index (χ2v) is 4.45. The lowest BCUT2D eigenvalue weighted by Gasteiger charge is -2.09. The van der Waals surface area contributed by atoms with E-state index in [-0.39, 0.29) is 22.6 Å². The van der Waals surface area contributed by atoms with Gasteiger partial charge in [0.25, 0.3) is 5.91 Å². The van der Waals surface area contributed by atoms with Gasteiger partial charge in [0.2, 0.25) is 0 Å². The first kappa shape index (κ1) is 14.5. The summed E-state index contributed by atoms with van der Waals surface area (Å²) < 4.78 is 13.1. The molecule has 0 aliphatic heterocycles. The summed E-state index contributed by atoms with van der Waals surface area (Å²) in [6, 6.07) is 7.37. The molecule has 0 unspecified atom stereocenters. The van der Waals surface area contributed by atoms with Gasteiger partial charge in [-0.25, -0.2) is 9.18 Å². The van der Waals surface area contributed by atoms with Crippen LogP contribution in [-0.2, 0) is 0 Å². The molecule has 5 nitrogen and oxygen atoms in total. The summed E-state index contributed by atoms with van der Waals surface area (Å²) in [5.74, 6) is -2.86. The fraction of sp³-hybridized carbons (Fsp3) is 0.0667. The van der Waals surface area contributed by atoms with E-state index < -0.39 is 17.7 Å². The van der Waals surface area contributed by atoms with Crippen molar-refractivity contribution in [2.75, 3.05) is 5.32 Å². The molecule has 21 heavy (non-hydrogen) atoms. The summed E-state index contributed by atoms with van der Waals surface area (Å²) in [4.78, 5) is 23.0. The van der Waals surface area contributed by atoms with Crippen molar-refractivity contribution in [3.05, 3.63) is 58.9 Å². The number of carboxylic acid groups (broad SMARTS) is 1. The Bertz CT molecular complexity index is 728. The van der Waals surface area contributed by atoms with Crippen LogP contribution in [0.15, 0.2) is 36.4 Å². The van der Waals surface area contributed by atoms with Crippen LogP contribution in [0.2, 0.25) is 0 Å². The molecule has 2 aromatic rings. The first-order valence-electron chi connectivity index (χ1n) is 6.02. The average molecular weight is 289 g/mol. The third kappa shape index (κ3) is 3.17. The molecule has 0 saturated heterocycles. The number of phenolic OH excluding ortho intramolecular Hbond substituents is 1. The lowest BCUT2D eigenvalue weighted by atomic mass is 10.1. The fourth-order valence-electron chi connectivity index (χ4n) is 1.82. The van der Waals surface area contributed by atoms with Crippen LogP contribution < -0.4 is 5.32 Å². The second-order valence-electron chi connectivity index (χ2n) is 4.45. The van der Waals surface area contributed by atoms with Crippen LogP contribution in [0, 0.1) is 12.7 Å². The third-order valence-corrected chi connectivity index (χ3v) is 2.93. The lowest BCUT2D eigenvalue weighted by Crippen LogP contribution is -2.13. The predicted molar refractivity (Wildman–Crippen MR) is 74.2 cm³/mol. The Labute approximate surface area is 119 Å². The van der Waals surface area contributed by atoms with Gasteiger partial charge in [-0.15, -0.1) is 0 Å². The molecule has 0 spiro atoms. The summed E-state index contributed by atoms with van der Waals surface area (Å²) in [7, 11) is 0. The molecule has 0 saturated carbocycles. The molecule has 0 aromatic heterocycles. The van der Waals surface area contributed by atoms with E-state index in [2.05, 4.69) is 5.32 Å². The van der Waals surface area contributed by atoms with Crippen molar-refractivity contribution in [2.45, 2.75) is 6.92 Å². The molecule has 3 N–H and O–H groups in total. The number of aromatic carboxylic acids is 1. The number of halogens is 1. The minimum Gasteiger partial charge on any atom is -0.507 e. The number of aromatic hydroxyl groups is 1. The minimum atomic E-state index is -1.11. The van der Waals surface area contributed by atoms with E-state index in [1.807, 2.05) is 0 Å². The summed E-state index contributed by atoms with van der Waals surface area (Å²) in [5, 5.41) is 21.0. The Morgan fingerprint density at radius 1 is 1.10 bits per heavy atom. The van der Waals surface area contributed by atoms with Gasteiger partial charge in [-0.2, -0.15) is 0 Å². The van der Waals surface area contributed by atoms with Crippen LogP contribution >= 0.6 is 0 Å². The normalized spacial score (nSPS) is 10.2. The van der Waals surface area contributed by atoms with Crippen LogP contribution in [-0.4, -0.2) is 22.1 Å². The van der Waals surface area contributed by atoms with Crippen molar-refractivity contribution in [2.24, 2.45) is 0 Å². The molecule has 0 fully saturated rings. The maximum atomic E-state index is 13.1. The first-order valence-corrected chi connectivity index (χ1v) is 6.02. The van der Waals surface area contributed by atoms with E-state index in [1.54, 1.807) is 13.0 Å². The van der Waals surface area contributed by atoms with Gasteiger partial charge in [-0.3, -0.25) is 4.79 Å². The van der Waals surface area contributed by atoms with Gasteiger partial charge in [0.1, 0.15) is 11.6 Å². The Kier molecular flexibility index (Phi) is 3.89. The standard InChI is InChI=1S/C15H12FNO4/c1-8-2-4-10(7-11(8)15(20)21)17-14(19)12-6-9(16)3-5-13(12)18/h2-7,18H,1H3,(H,17,19)(H,20,21). The lowest BCUT2D eigenvalue weighted by molar-refractivity contribution is 0.0695. The van der Waals surface area contributed by atoms with E-state index in [1.165, 1.54) is 12.1 Å². The molecule has 0 bridgehead atoms. The van der Waals surface area contributed by atoms with Crippen molar-refractivity contribution in [1.29, 1.82) is 0 Å². The van der Waals surface area contributed by atoms with Gasteiger partial charge in [0.05, 0.1) is 11.1 Å². The van der Waals surface area contributed by atoms with Crippen molar-refractivity contribution in [1.82, 2.24) is 0 Å². The van der Waals surface area contributed by atoms with E-state index in [0.717, 1.165) is 18.2 Å². The molecule has 0 heterocycles. The molecule has 0 atom stereocenters. The summed E-state index contributed by atoms with van der Waals surface area (Å²) in [5.41, 5.74) is 0.615. The molecule has 6 heteroatoms. The van der Waals surface area contributed by atoms with Gasteiger partial charge >= 0.3 is 5.97 Å². The number of hydrogen-bond donors (Lipinski definition) is 3. The molecular weight excluding hydrogens is 277 g/mol. The number of phenols is 1. The highest BCUT2D eigenvalue weighted by Gasteiger charge is 2.14. The Morgan fingerprint density at radius 3 is 2.48 bits per heavy atom. The molecule has 0 aliphatic rings. The SMILES string of the molecule is Cc1ccc(NC(=O)c2cc(F)ccc2O)cc1C(=O)O. The molecule has 0 aliphatic carbocycles. The number of rotatable bonds is 3. The van der Waals surface area contributed by atoms with Crippen molar-refractivity contribution in [3.8, 4) is 5.75 Å². The Hall–Kier alpha value is -2.89. The molecule has 1 amide bonds. The van der Waals surface area contributed by atoms with Gasteiger partial charge in [-0.1, -0.05) is 6.07 Å². The van der Waals surface area contributed by atoms with E-state index in [0.29, 0.717) is 5.56 Å².